The molecule has 1 fully saturated rings. The number of aromatic nitrogens is 1. The summed E-state index contributed by atoms with van der Waals surface area (Å²) < 4.78 is 0. The van der Waals surface area contributed by atoms with E-state index >= 15 is 0 Å². The topological polar surface area (TPSA) is 36.4 Å². The van der Waals surface area contributed by atoms with Crippen LogP contribution in [0, 0.1) is 5.92 Å². The fourth-order valence-electron chi connectivity index (χ4n) is 4.01. The van der Waals surface area contributed by atoms with Crippen molar-refractivity contribution in [2.45, 2.75) is 32.2 Å². The van der Waals surface area contributed by atoms with Crippen molar-refractivity contribution >= 4 is 23.3 Å². The minimum absolute atomic E-state index is 0.308. The van der Waals surface area contributed by atoms with Crippen LogP contribution in [0.1, 0.15) is 30.4 Å². The van der Waals surface area contributed by atoms with Crippen molar-refractivity contribution in [1.82, 2.24) is 9.88 Å². The highest BCUT2D eigenvalue weighted by molar-refractivity contribution is 6.30. The lowest BCUT2D eigenvalue weighted by Gasteiger charge is -2.34. The Labute approximate surface area is 159 Å². The number of anilines is 1. The molecule has 5 heteroatoms. The number of piperidine rings is 1. The summed E-state index contributed by atoms with van der Waals surface area (Å²) in [5.74, 6) is 1.76. The summed E-state index contributed by atoms with van der Waals surface area (Å²) in [4.78, 5) is 21.5. The monoisotopic (exact) mass is 369 g/mol. The van der Waals surface area contributed by atoms with Crippen LogP contribution < -0.4 is 4.90 Å². The van der Waals surface area contributed by atoms with E-state index < -0.39 is 0 Å². The molecule has 0 bridgehead atoms. The van der Waals surface area contributed by atoms with Crippen LogP contribution in [0.15, 0.2) is 42.6 Å². The molecule has 2 aliphatic rings. The molecule has 0 aliphatic carbocycles. The van der Waals surface area contributed by atoms with Crippen molar-refractivity contribution in [2.75, 3.05) is 24.5 Å². The number of pyridine rings is 1. The van der Waals surface area contributed by atoms with Gasteiger partial charge in [0.2, 0.25) is 5.91 Å². The molecule has 1 saturated heterocycles. The molecule has 4 nitrogen and oxygen atoms in total. The lowest BCUT2D eigenvalue weighted by Crippen LogP contribution is -2.39. The molecule has 0 unspecified atom stereocenters. The maximum Gasteiger partial charge on any atom is 0.223 e. The highest BCUT2D eigenvalue weighted by atomic mass is 35.5. The van der Waals surface area contributed by atoms with E-state index in [9.17, 15) is 4.79 Å². The average Bonchev–Trinajstić information content (AvgIpc) is 2.69. The first-order chi connectivity index (χ1) is 12.7. The maximum atomic E-state index is 12.8. The Balaban J connectivity index is 1.29. The number of benzene rings is 1. The van der Waals surface area contributed by atoms with Gasteiger partial charge in [-0.25, -0.2) is 4.98 Å². The molecule has 26 heavy (non-hydrogen) atoms. The first kappa shape index (κ1) is 17.3. The van der Waals surface area contributed by atoms with E-state index in [0.717, 1.165) is 51.3 Å². The van der Waals surface area contributed by atoms with Gasteiger partial charge >= 0.3 is 0 Å². The number of nitrogens with zero attached hydrogens (tertiary/aromatic N) is 3. The number of hydrogen-bond acceptors (Lipinski definition) is 3. The van der Waals surface area contributed by atoms with E-state index in [1.165, 1.54) is 11.1 Å². The van der Waals surface area contributed by atoms with Gasteiger partial charge in [-0.2, -0.15) is 0 Å². The Kier molecular flexibility index (Phi) is 5.11. The second-order valence-electron chi connectivity index (χ2n) is 7.30. The number of amides is 1. The number of carbonyl (C=O) groups is 1. The standard InChI is InChI=1S/C21H24ClN3O/c22-19-5-6-20(23-14-19)24-10-7-16(8-11-24)13-21(26)25-12-9-17-3-1-2-4-18(17)15-25/h1-6,14,16H,7-13,15H2. The largest absolute Gasteiger partial charge is 0.357 e. The summed E-state index contributed by atoms with van der Waals surface area (Å²) >= 11 is 5.91. The van der Waals surface area contributed by atoms with E-state index in [1.54, 1.807) is 6.20 Å². The summed E-state index contributed by atoms with van der Waals surface area (Å²) in [6, 6.07) is 12.3. The van der Waals surface area contributed by atoms with Crippen LogP contribution in [0.5, 0.6) is 0 Å². The Morgan fingerprint density at radius 3 is 2.58 bits per heavy atom. The highest BCUT2D eigenvalue weighted by Gasteiger charge is 2.26. The van der Waals surface area contributed by atoms with Crippen LogP contribution in [0.2, 0.25) is 5.02 Å². The van der Waals surface area contributed by atoms with Crippen molar-refractivity contribution in [2.24, 2.45) is 5.92 Å². The van der Waals surface area contributed by atoms with Gasteiger partial charge in [0.25, 0.3) is 0 Å². The van der Waals surface area contributed by atoms with E-state index in [4.69, 9.17) is 11.6 Å². The van der Waals surface area contributed by atoms with E-state index in [1.807, 2.05) is 17.0 Å². The predicted molar refractivity (Wildman–Crippen MR) is 104 cm³/mol. The molecule has 0 spiro atoms. The molecule has 1 aromatic heterocycles. The number of fused-ring (bicyclic) bond motifs is 1. The zero-order chi connectivity index (χ0) is 17.9. The van der Waals surface area contributed by atoms with Gasteiger partial charge in [-0.05, 0) is 48.4 Å². The summed E-state index contributed by atoms with van der Waals surface area (Å²) in [5.41, 5.74) is 2.69. The average molecular weight is 370 g/mol. The molecule has 0 radical (unpaired) electrons. The Morgan fingerprint density at radius 1 is 1.08 bits per heavy atom. The molecule has 1 aromatic carbocycles. The first-order valence-electron chi connectivity index (χ1n) is 9.40. The Hall–Kier alpha value is -2.07. The summed E-state index contributed by atoms with van der Waals surface area (Å²) in [6.07, 6.45) is 5.42. The third kappa shape index (κ3) is 3.85. The molecule has 2 aliphatic heterocycles. The zero-order valence-electron chi connectivity index (χ0n) is 14.9. The van der Waals surface area contributed by atoms with E-state index in [0.29, 0.717) is 23.3 Å². The fourth-order valence-corrected chi connectivity index (χ4v) is 4.12. The normalized spacial score (nSPS) is 17.9. The van der Waals surface area contributed by atoms with Gasteiger partial charge in [-0.1, -0.05) is 35.9 Å². The quantitative estimate of drug-likeness (QED) is 0.822. The summed E-state index contributed by atoms with van der Waals surface area (Å²) in [6.45, 7) is 3.52. The van der Waals surface area contributed by atoms with Crippen molar-refractivity contribution < 1.29 is 4.79 Å². The van der Waals surface area contributed by atoms with Crippen molar-refractivity contribution in [3.8, 4) is 0 Å². The Bertz CT molecular complexity index is 769. The lowest BCUT2D eigenvalue weighted by atomic mass is 9.92. The molecule has 1 amide bonds. The number of hydrogen-bond donors (Lipinski definition) is 0. The maximum absolute atomic E-state index is 12.8. The first-order valence-corrected chi connectivity index (χ1v) is 9.78. The molecule has 0 saturated carbocycles. The van der Waals surface area contributed by atoms with Gasteiger partial charge in [-0.15, -0.1) is 0 Å². The van der Waals surface area contributed by atoms with E-state index in [2.05, 4.69) is 34.1 Å². The van der Waals surface area contributed by atoms with Crippen LogP contribution in [0.4, 0.5) is 5.82 Å². The van der Waals surface area contributed by atoms with E-state index in [-0.39, 0.29) is 0 Å². The van der Waals surface area contributed by atoms with Gasteiger partial charge < -0.3 is 9.80 Å². The molecular weight excluding hydrogens is 346 g/mol. The minimum atomic E-state index is 0.308. The molecule has 0 atom stereocenters. The van der Waals surface area contributed by atoms with Gasteiger partial charge in [0.1, 0.15) is 5.82 Å². The molecule has 2 aromatic rings. The molecule has 3 heterocycles. The van der Waals surface area contributed by atoms with Crippen molar-refractivity contribution in [1.29, 1.82) is 0 Å². The van der Waals surface area contributed by atoms with Crippen LogP contribution in [-0.4, -0.2) is 35.4 Å². The molecular formula is C21H24ClN3O. The fraction of sp³-hybridized carbons (Fsp3) is 0.429. The lowest BCUT2D eigenvalue weighted by molar-refractivity contribution is -0.133. The van der Waals surface area contributed by atoms with Crippen LogP contribution in [0.25, 0.3) is 0 Å². The summed E-state index contributed by atoms with van der Waals surface area (Å²) in [7, 11) is 0. The van der Waals surface area contributed by atoms with Crippen LogP contribution in [0.3, 0.4) is 0 Å². The van der Waals surface area contributed by atoms with Gasteiger partial charge in [-0.3, -0.25) is 4.79 Å². The zero-order valence-corrected chi connectivity index (χ0v) is 15.7. The smallest absolute Gasteiger partial charge is 0.223 e. The van der Waals surface area contributed by atoms with Gasteiger partial charge in [0.15, 0.2) is 0 Å². The summed E-state index contributed by atoms with van der Waals surface area (Å²) in [5, 5.41) is 0.664. The van der Waals surface area contributed by atoms with Crippen molar-refractivity contribution in [3.05, 3.63) is 58.7 Å². The Morgan fingerprint density at radius 2 is 1.85 bits per heavy atom. The predicted octanol–water partition coefficient (Wildman–Crippen LogP) is 3.93. The second kappa shape index (κ2) is 7.67. The third-order valence-corrected chi connectivity index (χ3v) is 5.82. The van der Waals surface area contributed by atoms with Crippen LogP contribution in [-0.2, 0) is 17.8 Å². The van der Waals surface area contributed by atoms with Gasteiger partial charge in [0, 0.05) is 38.8 Å². The minimum Gasteiger partial charge on any atom is -0.357 e. The molecule has 136 valence electrons. The van der Waals surface area contributed by atoms with Crippen molar-refractivity contribution in [3.63, 3.8) is 0 Å². The van der Waals surface area contributed by atoms with Gasteiger partial charge in [0.05, 0.1) is 5.02 Å². The SMILES string of the molecule is O=C(CC1CCN(c2ccc(Cl)cn2)CC1)N1CCc2ccccc2C1. The second-order valence-corrected chi connectivity index (χ2v) is 7.74. The molecule has 4 rings (SSSR count). The highest BCUT2D eigenvalue weighted by Crippen LogP contribution is 2.26. The number of rotatable bonds is 3. The number of carbonyl (C=O) groups excluding carboxylic acids is 1. The van der Waals surface area contributed by atoms with Crippen LogP contribution >= 0.6 is 11.6 Å². The number of halogens is 1. The molecule has 0 N–H and O–H groups in total. The third-order valence-electron chi connectivity index (χ3n) is 5.60.